The Morgan fingerprint density at radius 2 is 1.77 bits per heavy atom. The lowest BCUT2D eigenvalue weighted by molar-refractivity contribution is 0.0935. The number of benzene rings is 2. The molecule has 0 spiro atoms. The fraction of sp³-hybridized carbons (Fsp3) is 0.250. The molecule has 1 amide bonds. The van der Waals surface area contributed by atoms with Gasteiger partial charge in [-0.05, 0) is 53.9 Å². The van der Waals surface area contributed by atoms with Crippen molar-refractivity contribution < 1.29 is 19.0 Å². The van der Waals surface area contributed by atoms with Gasteiger partial charge in [0.15, 0.2) is 11.5 Å². The molecule has 1 N–H and O–H groups in total. The van der Waals surface area contributed by atoms with E-state index in [0.717, 1.165) is 16.7 Å². The molecular formula is C24H26N2O4. The molecular weight excluding hydrogens is 380 g/mol. The van der Waals surface area contributed by atoms with Crippen LogP contribution in [0.5, 0.6) is 11.5 Å². The standard InChI is InChI=1S/C24H26N2O4/c1-17(26-24(27)21-7-5-4-6-20(21)16-28-2)19-8-9-22(23(14-19)29-3)30-15-18-10-12-25-13-11-18/h4-14,17H,15-16H2,1-3H3,(H,26,27). The highest BCUT2D eigenvalue weighted by atomic mass is 16.5. The Hall–Kier alpha value is -3.38. The van der Waals surface area contributed by atoms with E-state index in [1.807, 2.05) is 55.5 Å². The van der Waals surface area contributed by atoms with Crippen LogP contribution < -0.4 is 14.8 Å². The van der Waals surface area contributed by atoms with Gasteiger partial charge < -0.3 is 19.5 Å². The van der Waals surface area contributed by atoms with E-state index in [0.29, 0.717) is 30.3 Å². The molecule has 6 nitrogen and oxygen atoms in total. The summed E-state index contributed by atoms with van der Waals surface area (Å²) in [5, 5.41) is 3.04. The van der Waals surface area contributed by atoms with Crippen molar-refractivity contribution in [2.24, 2.45) is 0 Å². The molecule has 0 bridgehead atoms. The molecule has 30 heavy (non-hydrogen) atoms. The Balaban J connectivity index is 1.70. The minimum Gasteiger partial charge on any atom is -0.493 e. The molecule has 1 atom stereocenters. The van der Waals surface area contributed by atoms with Gasteiger partial charge in [-0.2, -0.15) is 0 Å². The number of amides is 1. The smallest absolute Gasteiger partial charge is 0.252 e. The molecule has 0 saturated carbocycles. The Labute approximate surface area is 176 Å². The van der Waals surface area contributed by atoms with E-state index in [4.69, 9.17) is 14.2 Å². The zero-order valence-corrected chi connectivity index (χ0v) is 17.4. The van der Waals surface area contributed by atoms with Gasteiger partial charge in [0.25, 0.3) is 5.91 Å². The maximum absolute atomic E-state index is 12.8. The predicted octanol–water partition coefficient (Wildman–Crippen LogP) is 4.31. The number of pyridine rings is 1. The molecule has 1 aromatic heterocycles. The Morgan fingerprint density at radius 3 is 2.50 bits per heavy atom. The minimum atomic E-state index is -0.212. The summed E-state index contributed by atoms with van der Waals surface area (Å²) >= 11 is 0. The van der Waals surface area contributed by atoms with Gasteiger partial charge >= 0.3 is 0 Å². The number of carbonyl (C=O) groups is 1. The molecule has 3 aromatic rings. The third kappa shape index (κ3) is 5.36. The molecule has 1 unspecified atom stereocenters. The van der Waals surface area contributed by atoms with Gasteiger partial charge in [-0.15, -0.1) is 0 Å². The predicted molar refractivity (Wildman–Crippen MR) is 115 cm³/mol. The summed E-state index contributed by atoms with van der Waals surface area (Å²) in [6, 6.07) is 16.7. The number of methoxy groups -OCH3 is 2. The number of carbonyl (C=O) groups excluding carboxylic acids is 1. The molecule has 2 aromatic carbocycles. The summed E-state index contributed by atoms with van der Waals surface area (Å²) in [7, 11) is 3.21. The van der Waals surface area contributed by atoms with Gasteiger partial charge in [-0.25, -0.2) is 0 Å². The molecule has 1 heterocycles. The average molecular weight is 406 g/mol. The number of hydrogen-bond donors (Lipinski definition) is 1. The van der Waals surface area contributed by atoms with Crippen molar-refractivity contribution in [1.29, 1.82) is 0 Å². The van der Waals surface area contributed by atoms with Crippen LogP contribution in [-0.2, 0) is 18.0 Å². The first kappa shape index (κ1) is 21.3. The highest BCUT2D eigenvalue weighted by Gasteiger charge is 2.16. The fourth-order valence-corrected chi connectivity index (χ4v) is 3.09. The minimum absolute atomic E-state index is 0.146. The molecule has 6 heteroatoms. The zero-order chi connectivity index (χ0) is 21.3. The van der Waals surface area contributed by atoms with E-state index < -0.39 is 0 Å². The second-order valence-corrected chi connectivity index (χ2v) is 6.84. The van der Waals surface area contributed by atoms with E-state index in [9.17, 15) is 4.79 Å². The summed E-state index contributed by atoms with van der Waals surface area (Å²) < 4.78 is 16.6. The second kappa shape index (κ2) is 10.4. The van der Waals surface area contributed by atoms with Crippen LogP contribution in [0, 0.1) is 0 Å². The highest BCUT2D eigenvalue weighted by Crippen LogP contribution is 2.31. The van der Waals surface area contributed by atoms with E-state index >= 15 is 0 Å². The summed E-state index contributed by atoms with van der Waals surface area (Å²) in [5.41, 5.74) is 3.39. The first-order chi connectivity index (χ1) is 14.6. The number of nitrogens with one attached hydrogen (secondary N) is 1. The first-order valence-corrected chi connectivity index (χ1v) is 9.69. The normalized spacial score (nSPS) is 11.6. The third-order valence-electron chi connectivity index (χ3n) is 4.74. The van der Waals surface area contributed by atoms with Crippen LogP contribution in [0.25, 0.3) is 0 Å². The maximum atomic E-state index is 12.8. The monoisotopic (exact) mass is 406 g/mol. The summed E-state index contributed by atoms with van der Waals surface area (Å²) in [6.45, 7) is 2.74. The van der Waals surface area contributed by atoms with Crippen molar-refractivity contribution in [2.45, 2.75) is 26.2 Å². The second-order valence-electron chi connectivity index (χ2n) is 6.84. The molecule has 0 aliphatic heterocycles. The molecule has 0 radical (unpaired) electrons. The number of rotatable bonds is 9. The fourth-order valence-electron chi connectivity index (χ4n) is 3.09. The molecule has 0 fully saturated rings. The van der Waals surface area contributed by atoms with Gasteiger partial charge in [0.05, 0.1) is 19.8 Å². The Kier molecular flexibility index (Phi) is 7.40. The summed E-state index contributed by atoms with van der Waals surface area (Å²) in [4.78, 5) is 16.8. The first-order valence-electron chi connectivity index (χ1n) is 9.69. The van der Waals surface area contributed by atoms with E-state index in [1.165, 1.54) is 0 Å². The van der Waals surface area contributed by atoms with E-state index in [1.54, 1.807) is 32.7 Å². The highest BCUT2D eigenvalue weighted by molar-refractivity contribution is 5.95. The Bertz CT molecular complexity index is 976. The van der Waals surface area contributed by atoms with Gasteiger partial charge in [0.1, 0.15) is 6.61 Å². The molecule has 0 aliphatic carbocycles. The SMILES string of the molecule is COCc1ccccc1C(=O)NC(C)c1ccc(OCc2ccncc2)c(OC)c1. The van der Waals surface area contributed by atoms with Gasteiger partial charge in [0.2, 0.25) is 0 Å². The van der Waals surface area contributed by atoms with Crippen molar-refractivity contribution in [3.63, 3.8) is 0 Å². The number of nitrogens with zero attached hydrogens (tertiary/aromatic N) is 1. The Morgan fingerprint density at radius 1 is 1.00 bits per heavy atom. The third-order valence-corrected chi connectivity index (χ3v) is 4.74. The van der Waals surface area contributed by atoms with Crippen molar-refractivity contribution in [1.82, 2.24) is 10.3 Å². The van der Waals surface area contributed by atoms with Crippen molar-refractivity contribution >= 4 is 5.91 Å². The van der Waals surface area contributed by atoms with Gasteiger partial charge in [-0.1, -0.05) is 24.3 Å². The van der Waals surface area contributed by atoms with Crippen LogP contribution in [-0.4, -0.2) is 25.1 Å². The van der Waals surface area contributed by atoms with E-state index in [2.05, 4.69) is 10.3 Å². The quantitative estimate of drug-likeness (QED) is 0.574. The van der Waals surface area contributed by atoms with E-state index in [-0.39, 0.29) is 11.9 Å². The summed E-state index contributed by atoms with van der Waals surface area (Å²) in [5.74, 6) is 1.11. The topological polar surface area (TPSA) is 69.7 Å². The van der Waals surface area contributed by atoms with Gasteiger partial charge in [0, 0.05) is 25.1 Å². The van der Waals surface area contributed by atoms with Crippen molar-refractivity contribution in [3.8, 4) is 11.5 Å². The summed E-state index contributed by atoms with van der Waals surface area (Å²) in [6.07, 6.45) is 3.46. The van der Waals surface area contributed by atoms with Crippen LogP contribution in [0.3, 0.4) is 0 Å². The van der Waals surface area contributed by atoms with Crippen LogP contribution >= 0.6 is 0 Å². The number of ether oxygens (including phenoxy) is 3. The number of aromatic nitrogens is 1. The molecule has 3 rings (SSSR count). The lowest BCUT2D eigenvalue weighted by atomic mass is 10.0. The number of hydrogen-bond acceptors (Lipinski definition) is 5. The largest absolute Gasteiger partial charge is 0.493 e. The molecule has 156 valence electrons. The zero-order valence-electron chi connectivity index (χ0n) is 17.4. The van der Waals surface area contributed by atoms with Gasteiger partial charge in [-0.3, -0.25) is 9.78 Å². The van der Waals surface area contributed by atoms with Crippen molar-refractivity contribution in [2.75, 3.05) is 14.2 Å². The lowest BCUT2D eigenvalue weighted by Crippen LogP contribution is -2.27. The maximum Gasteiger partial charge on any atom is 0.252 e. The van der Waals surface area contributed by atoms with Crippen LogP contribution in [0.15, 0.2) is 67.0 Å². The van der Waals surface area contributed by atoms with Crippen LogP contribution in [0.1, 0.15) is 40.0 Å². The molecule has 0 aliphatic rings. The van der Waals surface area contributed by atoms with Crippen LogP contribution in [0.4, 0.5) is 0 Å². The van der Waals surface area contributed by atoms with Crippen molar-refractivity contribution in [3.05, 3.63) is 89.2 Å². The lowest BCUT2D eigenvalue weighted by Gasteiger charge is -2.18. The molecule has 0 saturated heterocycles. The van der Waals surface area contributed by atoms with Crippen LogP contribution in [0.2, 0.25) is 0 Å². The average Bonchev–Trinajstić information content (AvgIpc) is 2.78.